The second-order valence-electron chi connectivity index (χ2n) is 10.1. The first-order valence-electron chi connectivity index (χ1n) is 12.1. The topological polar surface area (TPSA) is 80.0 Å². The number of likely N-dealkylation sites (tertiary alicyclic amines) is 1. The summed E-state index contributed by atoms with van der Waals surface area (Å²) in [5.74, 6) is 0.953. The smallest absolute Gasteiger partial charge is 0.169 e. The molecule has 8 nitrogen and oxygen atoms in total. The number of aromatic nitrogens is 5. The predicted octanol–water partition coefficient (Wildman–Crippen LogP) is 3.38. The van der Waals surface area contributed by atoms with E-state index in [1.54, 1.807) is 24.9 Å². The van der Waals surface area contributed by atoms with Crippen molar-refractivity contribution in [3.05, 3.63) is 66.6 Å². The van der Waals surface area contributed by atoms with Gasteiger partial charge in [-0.2, -0.15) is 0 Å². The number of hydrogen-bond donors (Lipinski definition) is 0. The maximum absolute atomic E-state index is 13.1. The zero-order chi connectivity index (χ0) is 24.0. The highest BCUT2D eigenvalue weighted by molar-refractivity contribution is 5.98. The van der Waals surface area contributed by atoms with Crippen molar-refractivity contribution < 1.29 is 4.79 Å². The Kier molecular flexibility index (Phi) is 5.33. The minimum absolute atomic E-state index is 0.0518. The van der Waals surface area contributed by atoms with E-state index >= 15 is 0 Å². The Bertz CT molecular complexity index is 1400. The van der Waals surface area contributed by atoms with Crippen molar-refractivity contribution in [3.8, 4) is 11.4 Å². The number of fused-ring (bicyclic) bond motifs is 1. The molecule has 0 aliphatic carbocycles. The van der Waals surface area contributed by atoms with Crippen LogP contribution in [-0.2, 0) is 13.5 Å². The Balaban J connectivity index is 1.17. The second kappa shape index (κ2) is 8.53. The summed E-state index contributed by atoms with van der Waals surface area (Å²) in [6.45, 7) is 4.39. The van der Waals surface area contributed by atoms with E-state index in [1.807, 2.05) is 42.1 Å². The van der Waals surface area contributed by atoms with E-state index in [9.17, 15) is 4.79 Å². The molecule has 0 saturated carbocycles. The van der Waals surface area contributed by atoms with Gasteiger partial charge in [0.2, 0.25) is 0 Å². The minimum atomic E-state index is 0.0518. The lowest BCUT2D eigenvalue weighted by atomic mass is 9.72. The second-order valence-corrected chi connectivity index (χ2v) is 10.1. The third-order valence-corrected chi connectivity index (χ3v) is 7.57. The van der Waals surface area contributed by atoms with Crippen molar-refractivity contribution in [1.29, 1.82) is 0 Å². The van der Waals surface area contributed by atoms with Crippen LogP contribution in [0.3, 0.4) is 0 Å². The summed E-state index contributed by atoms with van der Waals surface area (Å²) < 4.78 is 1.94. The molecule has 0 aromatic carbocycles. The molecule has 2 fully saturated rings. The lowest BCUT2D eigenvalue weighted by Gasteiger charge is -2.54. The number of carbonyl (C=O) groups excluding carboxylic acids is 1. The zero-order valence-corrected chi connectivity index (χ0v) is 20.2. The van der Waals surface area contributed by atoms with Crippen molar-refractivity contribution in [3.63, 3.8) is 0 Å². The van der Waals surface area contributed by atoms with Crippen LogP contribution < -0.4 is 4.90 Å². The Hall–Kier alpha value is -3.65. The van der Waals surface area contributed by atoms with Gasteiger partial charge in [-0.05, 0) is 62.6 Å². The van der Waals surface area contributed by atoms with E-state index < -0.39 is 0 Å². The van der Waals surface area contributed by atoms with Crippen LogP contribution in [0, 0.1) is 5.41 Å². The number of rotatable bonds is 5. The summed E-state index contributed by atoms with van der Waals surface area (Å²) >= 11 is 0. The van der Waals surface area contributed by atoms with Crippen LogP contribution in [0.2, 0.25) is 0 Å². The van der Waals surface area contributed by atoms with Gasteiger partial charge in [-0.3, -0.25) is 14.8 Å². The normalized spacial score (nSPS) is 17.6. The number of anilines is 1. The molecule has 2 aliphatic rings. The monoisotopic (exact) mass is 467 g/mol. The van der Waals surface area contributed by atoms with Crippen LogP contribution in [0.25, 0.3) is 22.2 Å². The Morgan fingerprint density at radius 1 is 0.971 bits per heavy atom. The maximum Gasteiger partial charge on any atom is 0.169 e. The molecular weight excluding hydrogens is 438 g/mol. The van der Waals surface area contributed by atoms with Crippen LogP contribution in [0.1, 0.15) is 28.9 Å². The molecular formula is C27H29N7O. The van der Waals surface area contributed by atoms with E-state index in [1.165, 1.54) is 12.8 Å². The number of Topliss-reactive ketones (excluding diaryl/α,β-unsaturated/α-hetero) is 1. The number of piperidine rings is 1. The number of hydrogen-bond acceptors (Lipinski definition) is 7. The molecule has 0 radical (unpaired) electrons. The Morgan fingerprint density at radius 3 is 2.54 bits per heavy atom. The van der Waals surface area contributed by atoms with Gasteiger partial charge in [0.15, 0.2) is 5.78 Å². The number of nitrogens with zero attached hydrogens (tertiary/aromatic N) is 7. The molecule has 0 bridgehead atoms. The molecule has 0 atom stereocenters. The predicted molar refractivity (Wildman–Crippen MR) is 135 cm³/mol. The van der Waals surface area contributed by atoms with Crippen molar-refractivity contribution in [2.45, 2.75) is 19.3 Å². The summed E-state index contributed by atoms with van der Waals surface area (Å²) in [5, 5.41) is 1.95. The van der Waals surface area contributed by atoms with Gasteiger partial charge in [0.25, 0.3) is 0 Å². The summed E-state index contributed by atoms with van der Waals surface area (Å²) in [6, 6.07) is 7.75. The van der Waals surface area contributed by atoms with E-state index in [4.69, 9.17) is 0 Å². The molecule has 1 spiro atoms. The average molecular weight is 468 g/mol. The maximum atomic E-state index is 13.1. The molecule has 35 heavy (non-hydrogen) atoms. The fraction of sp³-hybridized carbons (Fsp3) is 0.370. The molecule has 4 aromatic rings. The minimum Gasteiger partial charge on any atom is -0.355 e. The number of carbonyl (C=O) groups is 1. The van der Waals surface area contributed by atoms with Crippen LogP contribution in [0.5, 0.6) is 0 Å². The van der Waals surface area contributed by atoms with Crippen molar-refractivity contribution in [2.24, 2.45) is 12.5 Å². The first kappa shape index (κ1) is 21.9. The molecule has 0 N–H and O–H groups in total. The van der Waals surface area contributed by atoms with Crippen molar-refractivity contribution in [1.82, 2.24) is 29.4 Å². The summed E-state index contributed by atoms with van der Waals surface area (Å²) in [6.07, 6.45) is 11.6. The molecule has 4 aromatic heterocycles. The van der Waals surface area contributed by atoms with Gasteiger partial charge in [0, 0.05) is 60.8 Å². The lowest BCUT2D eigenvalue weighted by molar-refractivity contribution is 0.0900. The van der Waals surface area contributed by atoms with Gasteiger partial charge >= 0.3 is 0 Å². The largest absolute Gasteiger partial charge is 0.355 e. The molecule has 2 aliphatic heterocycles. The molecule has 8 heteroatoms. The number of imidazole rings is 1. The lowest BCUT2D eigenvalue weighted by Crippen LogP contribution is -2.60. The molecule has 0 unspecified atom stereocenters. The van der Waals surface area contributed by atoms with Gasteiger partial charge in [-0.25, -0.2) is 9.97 Å². The Labute approximate surface area is 204 Å². The van der Waals surface area contributed by atoms with Gasteiger partial charge in [-0.1, -0.05) is 0 Å². The highest BCUT2D eigenvalue weighted by Crippen LogP contribution is 2.41. The summed E-state index contributed by atoms with van der Waals surface area (Å²) in [5.41, 5.74) is 3.64. The standard InChI is InChI=1S/C27H29N7O/c1-32-7-4-27(5-8-32)16-34(17-27)26-11-19(3-6-29-26)25(35)12-22-9-20-10-23(24-15-28-18-33(24)2)31-14-21(20)13-30-22/h3,6,9-11,13-15,18H,4-5,7-8,12,16-17H2,1-2H3. The average Bonchev–Trinajstić information content (AvgIpc) is 3.28. The van der Waals surface area contributed by atoms with E-state index in [0.717, 1.165) is 59.9 Å². The van der Waals surface area contributed by atoms with E-state index in [-0.39, 0.29) is 12.2 Å². The van der Waals surface area contributed by atoms with Crippen molar-refractivity contribution in [2.75, 3.05) is 38.1 Å². The first-order chi connectivity index (χ1) is 17.0. The Morgan fingerprint density at radius 2 is 1.77 bits per heavy atom. The fourth-order valence-corrected chi connectivity index (χ4v) is 5.29. The third kappa shape index (κ3) is 4.18. The molecule has 0 amide bonds. The highest BCUT2D eigenvalue weighted by atomic mass is 16.1. The van der Waals surface area contributed by atoms with Gasteiger partial charge < -0.3 is 14.4 Å². The number of aryl methyl sites for hydroxylation is 1. The first-order valence-corrected chi connectivity index (χ1v) is 12.1. The van der Waals surface area contributed by atoms with Crippen LogP contribution in [-0.4, -0.2) is 68.4 Å². The fourth-order valence-electron chi connectivity index (χ4n) is 5.29. The molecule has 178 valence electrons. The quantitative estimate of drug-likeness (QED) is 0.416. The number of pyridine rings is 3. The molecule has 6 heterocycles. The van der Waals surface area contributed by atoms with Crippen molar-refractivity contribution >= 4 is 22.4 Å². The third-order valence-electron chi connectivity index (χ3n) is 7.57. The van der Waals surface area contributed by atoms with Crippen LogP contribution in [0.4, 0.5) is 5.82 Å². The SMILES string of the molecule is CN1CCC2(CC1)CN(c1cc(C(=O)Cc3cc4cc(-c5cncn5C)ncc4cn3)ccn1)C2. The summed E-state index contributed by atoms with van der Waals surface area (Å²) in [4.78, 5) is 35.7. The van der Waals surface area contributed by atoms with Crippen LogP contribution in [0.15, 0.2) is 55.4 Å². The molecule has 2 saturated heterocycles. The van der Waals surface area contributed by atoms with Gasteiger partial charge in [0.05, 0.1) is 30.3 Å². The van der Waals surface area contributed by atoms with E-state index in [0.29, 0.717) is 11.0 Å². The zero-order valence-electron chi connectivity index (χ0n) is 20.2. The van der Waals surface area contributed by atoms with Crippen LogP contribution >= 0.6 is 0 Å². The number of ketones is 1. The summed E-state index contributed by atoms with van der Waals surface area (Å²) in [7, 11) is 4.14. The van der Waals surface area contributed by atoms with Gasteiger partial charge in [0.1, 0.15) is 5.82 Å². The van der Waals surface area contributed by atoms with E-state index in [2.05, 4.69) is 36.8 Å². The molecule has 6 rings (SSSR count). The van der Waals surface area contributed by atoms with Gasteiger partial charge in [-0.15, -0.1) is 0 Å². The highest BCUT2D eigenvalue weighted by Gasteiger charge is 2.44.